The van der Waals surface area contributed by atoms with Crippen molar-refractivity contribution in [1.82, 2.24) is 20.2 Å². The van der Waals surface area contributed by atoms with Crippen LogP contribution < -0.4 is 5.32 Å². The summed E-state index contributed by atoms with van der Waals surface area (Å²) in [4.78, 5) is 23.4. The van der Waals surface area contributed by atoms with Gasteiger partial charge in [-0.05, 0) is 82.4 Å². The van der Waals surface area contributed by atoms with Gasteiger partial charge >= 0.3 is 0 Å². The molecule has 1 saturated heterocycles. The van der Waals surface area contributed by atoms with Gasteiger partial charge in [-0.1, -0.05) is 29.8 Å². The Hall–Kier alpha value is -2.37. The molecule has 1 aliphatic rings. The minimum atomic E-state index is 0. The maximum absolute atomic E-state index is 12.8. The highest BCUT2D eigenvalue weighted by Gasteiger charge is 2.26. The Bertz CT molecular complexity index is 1050. The fraction of sp³-hybridized carbons (Fsp3) is 0.440. The first-order valence-corrected chi connectivity index (χ1v) is 10.9. The third-order valence-electron chi connectivity index (χ3n) is 6.28. The number of fused-ring (bicyclic) bond motifs is 1. The third-order valence-corrected chi connectivity index (χ3v) is 6.28. The summed E-state index contributed by atoms with van der Waals surface area (Å²) in [7, 11) is 0. The summed E-state index contributed by atoms with van der Waals surface area (Å²) < 4.78 is 0. The smallest absolute Gasteiger partial charge is 0.223 e. The zero-order valence-electron chi connectivity index (χ0n) is 18.9. The molecule has 1 fully saturated rings. The van der Waals surface area contributed by atoms with Crippen LogP contribution in [0.1, 0.15) is 53.9 Å². The predicted octanol–water partition coefficient (Wildman–Crippen LogP) is 5.00. The van der Waals surface area contributed by atoms with Gasteiger partial charge < -0.3 is 10.3 Å². The molecular weight excluding hydrogens is 408 g/mol. The summed E-state index contributed by atoms with van der Waals surface area (Å²) in [6.45, 7) is 11.0. The van der Waals surface area contributed by atoms with E-state index in [0.29, 0.717) is 0 Å². The second-order valence-corrected chi connectivity index (χ2v) is 8.84. The highest BCUT2D eigenvalue weighted by molar-refractivity contribution is 5.85. The van der Waals surface area contributed by atoms with Crippen molar-refractivity contribution in [2.24, 2.45) is 5.92 Å². The van der Waals surface area contributed by atoms with Crippen molar-refractivity contribution in [2.45, 2.75) is 53.1 Å². The molecule has 0 spiro atoms. The Balaban J connectivity index is 0.00000272. The number of aromatic nitrogens is 2. The lowest BCUT2D eigenvalue weighted by atomic mass is 9.94. The van der Waals surface area contributed by atoms with E-state index in [0.717, 1.165) is 49.3 Å². The van der Waals surface area contributed by atoms with Gasteiger partial charge in [0.15, 0.2) is 0 Å². The van der Waals surface area contributed by atoms with Gasteiger partial charge in [-0.15, -0.1) is 12.4 Å². The van der Waals surface area contributed by atoms with E-state index in [2.05, 4.69) is 79.3 Å². The number of aryl methyl sites for hydroxylation is 3. The van der Waals surface area contributed by atoms with Crippen LogP contribution in [0, 0.1) is 26.7 Å². The maximum Gasteiger partial charge on any atom is 0.223 e. The average molecular weight is 441 g/mol. The summed E-state index contributed by atoms with van der Waals surface area (Å²) in [6.07, 6.45) is 1.79. The Kier molecular flexibility index (Phi) is 7.39. The molecule has 166 valence electrons. The molecule has 1 amide bonds. The van der Waals surface area contributed by atoms with Crippen LogP contribution in [0.25, 0.3) is 11.0 Å². The number of nitrogens with one attached hydrogen (secondary N) is 2. The van der Waals surface area contributed by atoms with Crippen LogP contribution in [-0.2, 0) is 11.3 Å². The van der Waals surface area contributed by atoms with Crippen LogP contribution in [0.4, 0.5) is 0 Å². The SMILES string of the molecule is Cc1ccc(C)c(C(C)NC(=O)C2CCN(Cc3nc4ccc(C)cc4[nH]3)CC2)c1.Cl. The van der Waals surface area contributed by atoms with Crippen LogP contribution in [0.3, 0.4) is 0 Å². The number of likely N-dealkylation sites (tertiary alicyclic amines) is 1. The molecule has 0 bridgehead atoms. The molecule has 2 heterocycles. The van der Waals surface area contributed by atoms with E-state index in [-0.39, 0.29) is 30.3 Å². The quantitative estimate of drug-likeness (QED) is 0.586. The number of nitrogens with zero attached hydrogens (tertiary/aromatic N) is 2. The van der Waals surface area contributed by atoms with Crippen molar-refractivity contribution < 1.29 is 4.79 Å². The Morgan fingerprint density at radius 3 is 2.55 bits per heavy atom. The number of carbonyl (C=O) groups excluding carboxylic acids is 1. The molecule has 0 saturated carbocycles. The molecule has 1 atom stereocenters. The van der Waals surface area contributed by atoms with Crippen molar-refractivity contribution in [3.8, 4) is 0 Å². The van der Waals surface area contributed by atoms with Crippen LogP contribution in [0.15, 0.2) is 36.4 Å². The maximum atomic E-state index is 12.8. The molecule has 2 N–H and O–H groups in total. The van der Waals surface area contributed by atoms with Crippen molar-refractivity contribution in [3.63, 3.8) is 0 Å². The predicted molar refractivity (Wildman–Crippen MR) is 129 cm³/mol. The molecule has 2 aromatic carbocycles. The van der Waals surface area contributed by atoms with E-state index in [1.807, 2.05) is 0 Å². The van der Waals surface area contributed by atoms with Gasteiger partial charge in [0.1, 0.15) is 5.82 Å². The molecular formula is C25H33ClN4O. The lowest BCUT2D eigenvalue weighted by molar-refractivity contribution is -0.127. The standard InChI is InChI=1S/C25H32N4O.ClH/c1-16-5-7-18(3)21(13-16)19(4)26-25(30)20-9-11-29(12-10-20)15-24-27-22-8-6-17(2)14-23(22)28-24;/h5-8,13-14,19-20H,9-12,15H2,1-4H3,(H,26,30)(H,27,28);1H. The Morgan fingerprint density at radius 1 is 1.13 bits per heavy atom. The van der Waals surface area contributed by atoms with E-state index in [1.165, 1.54) is 22.3 Å². The van der Waals surface area contributed by atoms with Gasteiger partial charge in [-0.3, -0.25) is 9.69 Å². The van der Waals surface area contributed by atoms with E-state index in [9.17, 15) is 4.79 Å². The van der Waals surface area contributed by atoms with E-state index >= 15 is 0 Å². The van der Waals surface area contributed by atoms with Gasteiger partial charge in [-0.25, -0.2) is 4.98 Å². The minimum Gasteiger partial charge on any atom is -0.349 e. The largest absolute Gasteiger partial charge is 0.349 e. The minimum absolute atomic E-state index is 0. The number of hydrogen-bond donors (Lipinski definition) is 2. The second-order valence-electron chi connectivity index (χ2n) is 8.84. The number of carbonyl (C=O) groups is 1. The van der Waals surface area contributed by atoms with Crippen molar-refractivity contribution in [3.05, 3.63) is 64.5 Å². The topological polar surface area (TPSA) is 61.0 Å². The van der Waals surface area contributed by atoms with Gasteiger partial charge in [0, 0.05) is 5.92 Å². The van der Waals surface area contributed by atoms with Crippen LogP contribution in [-0.4, -0.2) is 33.9 Å². The van der Waals surface area contributed by atoms with Crippen LogP contribution in [0.2, 0.25) is 0 Å². The molecule has 0 radical (unpaired) electrons. The zero-order chi connectivity index (χ0) is 21.3. The first-order chi connectivity index (χ1) is 14.4. The lowest BCUT2D eigenvalue weighted by Gasteiger charge is -2.31. The highest BCUT2D eigenvalue weighted by Crippen LogP contribution is 2.23. The van der Waals surface area contributed by atoms with Crippen molar-refractivity contribution in [1.29, 1.82) is 0 Å². The number of halogens is 1. The van der Waals surface area contributed by atoms with E-state index in [1.54, 1.807) is 0 Å². The lowest BCUT2D eigenvalue weighted by Crippen LogP contribution is -2.41. The molecule has 4 rings (SSSR count). The summed E-state index contributed by atoms with van der Waals surface area (Å²) >= 11 is 0. The van der Waals surface area contributed by atoms with Crippen LogP contribution in [0.5, 0.6) is 0 Å². The molecule has 6 heteroatoms. The summed E-state index contributed by atoms with van der Waals surface area (Å²) in [5.74, 6) is 1.27. The molecule has 1 aromatic heterocycles. The highest BCUT2D eigenvalue weighted by atomic mass is 35.5. The monoisotopic (exact) mass is 440 g/mol. The molecule has 31 heavy (non-hydrogen) atoms. The van der Waals surface area contributed by atoms with Gasteiger partial charge in [0.05, 0.1) is 23.6 Å². The number of H-pyrrole nitrogens is 1. The fourth-order valence-corrected chi connectivity index (χ4v) is 4.45. The number of amides is 1. The second kappa shape index (κ2) is 9.84. The van der Waals surface area contributed by atoms with E-state index in [4.69, 9.17) is 4.98 Å². The first-order valence-electron chi connectivity index (χ1n) is 10.9. The summed E-state index contributed by atoms with van der Waals surface area (Å²) in [5.41, 5.74) is 7.01. The zero-order valence-corrected chi connectivity index (χ0v) is 19.7. The molecule has 1 unspecified atom stereocenters. The Morgan fingerprint density at radius 2 is 1.81 bits per heavy atom. The van der Waals surface area contributed by atoms with Gasteiger partial charge in [0.2, 0.25) is 5.91 Å². The molecule has 3 aromatic rings. The number of rotatable bonds is 5. The van der Waals surface area contributed by atoms with Gasteiger partial charge in [-0.2, -0.15) is 0 Å². The van der Waals surface area contributed by atoms with Crippen LogP contribution >= 0.6 is 12.4 Å². The number of benzene rings is 2. The average Bonchev–Trinajstić information content (AvgIpc) is 3.11. The number of imidazole rings is 1. The third kappa shape index (κ3) is 5.46. The Labute approximate surface area is 191 Å². The number of piperidine rings is 1. The fourth-order valence-electron chi connectivity index (χ4n) is 4.45. The molecule has 1 aliphatic heterocycles. The van der Waals surface area contributed by atoms with Gasteiger partial charge in [0.25, 0.3) is 0 Å². The van der Waals surface area contributed by atoms with Crippen molar-refractivity contribution >= 4 is 29.3 Å². The molecule has 5 nitrogen and oxygen atoms in total. The van der Waals surface area contributed by atoms with E-state index < -0.39 is 0 Å². The molecule has 0 aliphatic carbocycles. The summed E-state index contributed by atoms with van der Waals surface area (Å²) in [6, 6.07) is 12.8. The number of aromatic amines is 1. The summed E-state index contributed by atoms with van der Waals surface area (Å²) in [5, 5.41) is 3.25. The first kappa shape index (κ1) is 23.3. The van der Waals surface area contributed by atoms with Crippen molar-refractivity contribution in [2.75, 3.05) is 13.1 Å². The normalized spacial score (nSPS) is 16.1. The number of hydrogen-bond acceptors (Lipinski definition) is 3.